The van der Waals surface area contributed by atoms with Gasteiger partial charge in [0.25, 0.3) is 5.91 Å². The Hall–Kier alpha value is -3.27. The van der Waals surface area contributed by atoms with Gasteiger partial charge in [-0.3, -0.25) is 19.1 Å². The Morgan fingerprint density at radius 2 is 2.00 bits per heavy atom. The van der Waals surface area contributed by atoms with E-state index in [-0.39, 0.29) is 23.6 Å². The molecule has 1 atom stereocenters. The molecule has 0 radical (unpaired) electrons. The number of ether oxygens (including phenoxy) is 1. The first-order valence-corrected chi connectivity index (χ1v) is 12.9. The molecule has 2 aliphatic heterocycles. The number of aryl methyl sites for hydroxylation is 1. The molecule has 3 N–H and O–H groups in total. The van der Waals surface area contributed by atoms with Gasteiger partial charge in [0.1, 0.15) is 17.6 Å². The third-order valence-electron chi connectivity index (χ3n) is 8.05. The van der Waals surface area contributed by atoms with Crippen molar-refractivity contribution in [2.45, 2.75) is 70.4 Å². The van der Waals surface area contributed by atoms with Gasteiger partial charge in [-0.25, -0.2) is 4.98 Å². The Morgan fingerprint density at radius 1 is 1.25 bits per heavy atom. The second kappa shape index (κ2) is 10.0. The predicted molar refractivity (Wildman–Crippen MR) is 134 cm³/mol. The second-order valence-corrected chi connectivity index (χ2v) is 10.3. The van der Waals surface area contributed by atoms with Gasteiger partial charge in [-0.1, -0.05) is 19.8 Å². The largest absolute Gasteiger partial charge is 0.381 e. The van der Waals surface area contributed by atoms with Gasteiger partial charge in [0.05, 0.1) is 11.1 Å². The number of rotatable bonds is 6. The van der Waals surface area contributed by atoms with Crippen LogP contribution in [0.2, 0.25) is 0 Å². The number of carbonyl (C=O) groups is 3. The number of aromatic nitrogens is 3. The van der Waals surface area contributed by atoms with Crippen molar-refractivity contribution in [1.29, 1.82) is 0 Å². The van der Waals surface area contributed by atoms with Gasteiger partial charge in [-0.2, -0.15) is 5.10 Å². The van der Waals surface area contributed by atoms with Gasteiger partial charge in [0.15, 0.2) is 0 Å². The fourth-order valence-electron chi connectivity index (χ4n) is 5.80. The maximum absolute atomic E-state index is 13.5. The highest BCUT2D eigenvalue weighted by Gasteiger charge is 2.48. The zero-order valence-electron chi connectivity index (χ0n) is 20.9. The third-order valence-corrected chi connectivity index (χ3v) is 8.05. The molecule has 1 saturated carbocycles. The minimum atomic E-state index is -0.698. The fraction of sp³-hybridized carbons (Fsp3) is 0.577. The monoisotopic (exact) mass is 494 g/mol. The fourth-order valence-corrected chi connectivity index (χ4v) is 5.80. The van der Waals surface area contributed by atoms with Crippen LogP contribution >= 0.6 is 0 Å². The quantitative estimate of drug-likeness (QED) is 0.567. The molecule has 192 valence electrons. The summed E-state index contributed by atoms with van der Waals surface area (Å²) in [6, 6.07) is 2.67. The molecule has 2 aromatic rings. The first-order chi connectivity index (χ1) is 17.4. The van der Waals surface area contributed by atoms with E-state index in [9.17, 15) is 14.4 Å². The summed E-state index contributed by atoms with van der Waals surface area (Å²) in [6.45, 7) is 5.76. The summed E-state index contributed by atoms with van der Waals surface area (Å²) in [5.74, 6) is 0.335. The highest BCUT2D eigenvalue weighted by atomic mass is 16.5. The molecule has 3 amide bonds. The summed E-state index contributed by atoms with van der Waals surface area (Å²) < 4.78 is 7.08. The van der Waals surface area contributed by atoms with Crippen molar-refractivity contribution < 1.29 is 19.1 Å². The van der Waals surface area contributed by atoms with Crippen LogP contribution < -0.4 is 16.0 Å². The molecule has 5 rings (SSSR count). The lowest BCUT2D eigenvalue weighted by Gasteiger charge is -2.32. The van der Waals surface area contributed by atoms with E-state index in [0.29, 0.717) is 55.7 Å². The van der Waals surface area contributed by atoms with Gasteiger partial charge in [-0.15, -0.1) is 0 Å². The lowest BCUT2D eigenvalue weighted by atomic mass is 9.76. The Kier molecular flexibility index (Phi) is 6.79. The van der Waals surface area contributed by atoms with Crippen molar-refractivity contribution in [3.63, 3.8) is 0 Å². The lowest BCUT2D eigenvalue weighted by molar-refractivity contribution is -0.124. The minimum Gasteiger partial charge on any atom is -0.381 e. The molecule has 0 aromatic carbocycles. The zero-order valence-corrected chi connectivity index (χ0v) is 20.9. The van der Waals surface area contributed by atoms with E-state index in [2.05, 4.69) is 33.0 Å². The summed E-state index contributed by atoms with van der Waals surface area (Å²) >= 11 is 0. The lowest BCUT2D eigenvalue weighted by Crippen LogP contribution is -2.49. The van der Waals surface area contributed by atoms with Gasteiger partial charge in [-0.05, 0) is 50.5 Å². The molecular formula is C26H34N6O4. The molecule has 3 aliphatic rings. The summed E-state index contributed by atoms with van der Waals surface area (Å²) in [7, 11) is 0. The first-order valence-electron chi connectivity index (χ1n) is 12.9. The average Bonchev–Trinajstić information content (AvgIpc) is 3.46. The van der Waals surface area contributed by atoms with E-state index in [4.69, 9.17) is 4.74 Å². The van der Waals surface area contributed by atoms with E-state index >= 15 is 0 Å². The van der Waals surface area contributed by atoms with Crippen molar-refractivity contribution in [2.75, 3.05) is 23.8 Å². The molecule has 1 aliphatic carbocycles. The number of amides is 3. The van der Waals surface area contributed by atoms with Crippen LogP contribution in [0.5, 0.6) is 0 Å². The smallest absolute Gasteiger partial charge is 0.270 e. The van der Waals surface area contributed by atoms with Gasteiger partial charge < -0.3 is 20.7 Å². The molecule has 2 fully saturated rings. The molecule has 10 heteroatoms. The Morgan fingerprint density at radius 3 is 2.72 bits per heavy atom. The van der Waals surface area contributed by atoms with E-state index in [1.807, 2.05) is 6.92 Å². The number of nitrogens with one attached hydrogen (secondary N) is 3. The number of carbonyl (C=O) groups excluding carboxylic acids is 3. The molecule has 2 aromatic heterocycles. The average molecular weight is 495 g/mol. The van der Waals surface area contributed by atoms with Gasteiger partial charge >= 0.3 is 0 Å². The van der Waals surface area contributed by atoms with Crippen LogP contribution in [0.25, 0.3) is 0 Å². The number of hydrogen-bond donors (Lipinski definition) is 3. The van der Waals surface area contributed by atoms with E-state index < -0.39 is 11.5 Å². The minimum absolute atomic E-state index is 0.0304. The van der Waals surface area contributed by atoms with Crippen molar-refractivity contribution >= 4 is 29.2 Å². The van der Waals surface area contributed by atoms with Crippen molar-refractivity contribution in [2.24, 2.45) is 11.8 Å². The van der Waals surface area contributed by atoms with Gasteiger partial charge in [0, 0.05) is 43.8 Å². The van der Waals surface area contributed by atoms with E-state index in [0.717, 1.165) is 31.2 Å². The van der Waals surface area contributed by atoms with Crippen LogP contribution in [0.15, 0.2) is 24.5 Å². The predicted octanol–water partition coefficient (Wildman–Crippen LogP) is 2.86. The topological polar surface area (TPSA) is 127 Å². The van der Waals surface area contributed by atoms with Crippen LogP contribution in [-0.2, 0) is 26.3 Å². The molecule has 1 saturated heterocycles. The second-order valence-electron chi connectivity index (χ2n) is 10.3. The maximum atomic E-state index is 13.5. The molecule has 10 nitrogen and oxygen atoms in total. The standard InChI is InChI=1S/C26H34N6O4/c1-3-32-20(8-11-28-32)23(33)31-22(17-6-4-16(2)5-7-17)24(34)30-21-14-19-18(15-27-21)26(25(35)29-19)9-12-36-13-10-26/h8,11,14-17,22H,3-7,9-10,12-13H2,1-2H3,(H,29,35)(H,31,33)(H,27,30,34). The van der Waals surface area contributed by atoms with Crippen LogP contribution in [0.3, 0.4) is 0 Å². The summed E-state index contributed by atoms with van der Waals surface area (Å²) in [5.41, 5.74) is 1.35. The Balaban J connectivity index is 1.35. The van der Waals surface area contributed by atoms with Crippen LogP contribution in [-0.4, -0.2) is 51.7 Å². The number of pyridine rings is 1. The maximum Gasteiger partial charge on any atom is 0.270 e. The van der Waals surface area contributed by atoms with Crippen LogP contribution in [0.4, 0.5) is 11.5 Å². The zero-order chi connectivity index (χ0) is 25.3. The van der Waals surface area contributed by atoms with Crippen LogP contribution in [0.1, 0.15) is 68.4 Å². The number of nitrogens with zero attached hydrogens (tertiary/aromatic N) is 3. The normalized spacial score (nSPS) is 23.6. The number of hydrogen-bond acceptors (Lipinski definition) is 6. The molecular weight excluding hydrogens is 460 g/mol. The van der Waals surface area contributed by atoms with Crippen molar-refractivity contribution in [1.82, 2.24) is 20.1 Å². The molecule has 0 bridgehead atoms. The first kappa shape index (κ1) is 24.4. The number of anilines is 2. The highest BCUT2D eigenvalue weighted by molar-refractivity contribution is 6.07. The highest BCUT2D eigenvalue weighted by Crippen LogP contribution is 2.44. The van der Waals surface area contributed by atoms with Crippen molar-refractivity contribution in [3.8, 4) is 0 Å². The van der Waals surface area contributed by atoms with Crippen molar-refractivity contribution in [3.05, 3.63) is 35.8 Å². The Labute approximate surface area is 210 Å². The van der Waals surface area contributed by atoms with Gasteiger partial charge in [0.2, 0.25) is 11.8 Å². The molecule has 1 unspecified atom stereocenters. The third kappa shape index (κ3) is 4.50. The van der Waals surface area contributed by atoms with E-state index in [1.165, 1.54) is 0 Å². The molecule has 4 heterocycles. The SMILES string of the molecule is CCn1nccc1C(=O)NC(C(=O)Nc1cc2c(cn1)C1(CCOCC1)C(=O)N2)C1CCC(C)CC1. The van der Waals surface area contributed by atoms with Crippen LogP contribution in [0, 0.1) is 11.8 Å². The molecule has 36 heavy (non-hydrogen) atoms. The summed E-state index contributed by atoms with van der Waals surface area (Å²) in [5, 5.41) is 13.0. The number of fused-ring (bicyclic) bond motifs is 2. The molecule has 1 spiro atoms. The Bertz CT molecular complexity index is 1150. The summed E-state index contributed by atoms with van der Waals surface area (Å²) in [6.07, 6.45) is 8.27. The summed E-state index contributed by atoms with van der Waals surface area (Å²) in [4.78, 5) is 43.9. The van der Waals surface area contributed by atoms with E-state index in [1.54, 1.807) is 29.2 Å².